The smallest absolute Gasteiger partial charge is 0.335 e. The third-order valence-corrected chi connectivity index (χ3v) is 2.75. The summed E-state index contributed by atoms with van der Waals surface area (Å²) in [7, 11) is 0. The van der Waals surface area contributed by atoms with E-state index in [0.717, 1.165) is 12.1 Å². The van der Waals surface area contributed by atoms with Crippen molar-refractivity contribution in [1.82, 2.24) is 19.9 Å². The number of nitrogens with zero attached hydrogens (tertiary/aromatic N) is 2. The Hall–Kier alpha value is -2.64. The highest BCUT2D eigenvalue weighted by atomic mass is 19.4. The molecule has 1 aromatic carbocycles. The minimum atomic E-state index is -4.37. The SMILES string of the molecule is O=c1ncc2[nH]c(-c3ccc(C(F)(F)F)cc3)nc2[nH]1. The number of aromatic nitrogens is 4. The Balaban J connectivity index is 2.04. The van der Waals surface area contributed by atoms with Crippen LogP contribution in [0.3, 0.4) is 0 Å². The maximum atomic E-state index is 12.5. The van der Waals surface area contributed by atoms with Crippen LogP contribution in [-0.2, 0) is 6.18 Å². The lowest BCUT2D eigenvalue weighted by molar-refractivity contribution is -0.137. The Labute approximate surface area is 109 Å². The highest BCUT2D eigenvalue weighted by molar-refractivity contribution is 5.74. The number of aromatic amines is 2. The van der Waals surface area contributed by atoms with Gasteiger partial charge >= 0.3 is 11.9 Å². The minimum absolute atomic E-state index is 0.305. The van der Waals surface area contributed by atoms with Crippen LogP contribution in [0.4, 0.5) is 13.2 Å². The molecule has 20 heavy (non-hydrogen) atoms. The van der Waals surface area contributed by atoms with Gasteiger partial charge in [0.15, 0.2) is 5.65 Å². The molecule has 0 atom stereocenters. The zero-order chi connectivity index (χ0) is 14.3. The van der Waals surface area contributed by atoms with Crippen molar-refractivity contribution in [3.63, 3.8) is 0 Å². The fourth-order valence-electron chi connectivity index (χ4n) is 1.79. The normalized spacial score (nSPS) is 11.9. The number of alkyl halides is 3. The highest BCUT2D eigenvalue weighted by Crippen LogP contribution is 2.30. The van der Waals surface area contributed by atoms with Gasteiger partial charge in [-0.05, 0) is 12.1 Å². The number of hydrogen-bond acceptors (Lipinski definition) is 3. The van der Waals surface area contributed by atoms with Gasteiger partial charge in [0.1, 0.15) is 11.3 Å². The van der Waals surface area contributed by atoms with E-state index < -0.39 is 17.4 Å². The summed E-state index contributed by atoms with van der Waals surface area (Å²) in [6, 6.07) is 4.57. The van der Waals surface area contributed by atoms with Gasteiger partial charge in [-0.15, -0.1) is 0 Å². The molecule has 5 nitrogen and oxygen atoms in total. The number of halogens is 3. The van der Waals surface area contributed by atoms with E-state index in [1.165, 1.54) is 18.3 Å². The monoisotopic (exact) mass is 280 g/mol. The molecule has 0 aliphatic rings. The summed E-state index contributed by atoms with van der Waals surface area (Å²) in [5.74, 6) is 0.359. The molecule has 102 valence electrons. The van der Waals surface area contributed by atoms with Crippen molar-refractivity contribution in [3.8, 4) is 11.4 Å². The standard InChI is InChI=1S/C12H7F3N4O/c13-12(14,15)7-3-1-6(2-4-7)9-17-8-5-16-11(20)19-10(8)18-9/h1-5H,(H2,16,17,18,19,20). The fourth-order valence-corrected chi connectivity index (χ4v) is 1.79. The molecule has 0 spiro atoms. The molecule has 2 N–H and O–H groups in total. The van der Waals surface area contributed by atoms with E-state index in [9.17, 15) is 18.0 Å². The molecule has 0 saturated heterocycles. The summed E-state index contributed by atoms with van der Waals surface area (Å²) in [6.45, 7) is 0. The third kappa shape index (κ3) is 2.15. The fraction of sp³-hybridized carbons (Fsp3) is 0.0833. The van der Waals surface area contributed by atoms with Crippen molar-refractivity contribution >= 4 is 11.2 Å². The molecule has 0 fully saturated rings. The van der Waals surface area contributed by atoms with Gasteiger partial charge in [-0.1, -0.05) is 12.1 Å². The Morgan fingerprint density at radius 1 is 1.05 bits per heavy atom. The molecule has 0 bridgehead atoms. The average molecular weight is 280 g/mol. The van der Waals surface area contributed by atoms with Crippen LogP contribution < -0.4 is 5.69 Å². The first kappa shape index (κ1) is 12.4. The molecule has 0 aliphatic carbocycles. The van der Waals surface area contributed by atoms with Crippen LogP contribution in [0.2, 0.25) is 0 Å². The summed E-state index contributed by atoms with van der Waals surface area (Å²) in [5, 5.41) is 0. The van der Waals surface area contributed by atoms with Crippen molar-refractivity contribution in [2.45, 2.75) is 6.18 Å². The first-order chi connectivity index (χ1) is 9.43. The number of imidazole rings is 1. The predicted molar refractivity (Wildman–Crippen MR) is 64.9 cm³/mol. The maximum absolute atomic E-state index is 12.5. The Morgan fingerprint density at radius 2 is 1.75 bits per heavy atom. The van der Waals surface area contributed by atoms with Gasteiger partial charge in [0.2, 0.25) is 0 Å². The first-order valence-corrected chi connectivity index (χ1v) is 5.56. The van der Waals surface area contributed by atoms with Gasteiger partial charge in [0.05, 0.1) is 11.8 Å². The van der Waals surface area contributed by atoms with Crippen molar-refractivity contribution in [1.29, 1.82) is 0 Å². The molecule has 0 saturated carbocycles. The molecule has 3 rings (SSSR count). The number of benzene rings is 1. The van der Waals surface area contributed by atoms with E-state index >= 15 is 0 Å². The number of H-pyrrole nitrogens is 2. The van der Waals surface area contributed by atoms with Crippen LogP contribution in [-0.4, -0.2) is 19.9 Å². The molecular weight excluding hydrogens is 273 g/mol. The van der Waals surface area contributed by atoms with Crippen molar-refractivity contribution in [2.24, 2.45) is 0 Å². The number of nitrogens with one attached hydrogen (secondary N) is 2. The molecular formula is C12H7F3N4O. The molecule has 0 amide bonds. The Kier molecular flexibility index (Phi) is 2.60. The van der Waals surface area contributed by atoms with Crippen LogP contribution in [0, 0.1) is 0 Å². The lowest BCUT2D eigenvalue weighted by atomic mass is 10.1. The largest absolute Gasteiger partial charge is 0.416 e. The zero-order valence-corrected chi connectivity index (χ0v) is 9.82. The molecule has 0 aliphatic heterocycles. The number of hydrogen-bond donors (Lipinski definition) is 2. The molecule has 2 heterocycles. The molecule has 2 aromatic heterocycles. The van der Waals surface area contributed by atoms with Gasteiger partial charge in [-0.3, -0.25) is 4.98 Å². The number of fused-ring (bicyclic) bond motifs is 1. The summed E-state index contributed by atoms with van der Waals surface area (Å²) in [4.78, 5) is 24.0. The van der Waals surface area contributed by atoms with Gasteiger partial charge in [-0.25, -0.2) is 9.78 Å². The second-order valence-electron chi connectivity index (χ2n) is 4.11. The average Bonchev–Trinajstić information content (AvgIpc) is 2.80. The van der Waals surface area contributed by atoms with E-state index in [-0.39, 0.29) is 0 Å². The highest BCUT2D eigenvalue weighted by Gasteiger charge is 2.30. The van der Waals surface area contributed by atoms with Gasteiger partial charge in [-0.2, -0.15) is 18.2 Å². The molecule has 3 aromatic rings. The van der Waals surface area contributed by atoms with Crippen LogP contribution in [0.5, 0.6) is 0 Å². The third-order valence-electron chi connectivity index (χ3n) is 2.75. The minimum Gasteiger partial charge on any atom is -0.335 e. The van der Waals surface area contributed by atoms with E-state index in [4.69, 9.17) is 0 Å². The van der Waals surface area contributed by atoms with E-state index in [1.54, 1.807) is 0 Å². The predicted octanol–water partition coefficient (Wildman–Crippen LogP) is 2.33. The molecule has 0 unspecified atom stereocenters. The summed E-state index contributed by atoms with van der Waals surface area (Å²) < 4.78 is 37.4. The van der Waals surface area contributed by atoms with Gasteiger partial charge in [0, 0.05) is 5.56 Å². The van der Waals surface area contributed by atoms with Gasteiger partial charge < -0.3 is 4.98 Å². The van der Waals surface area contributed by atoms with E-state index in [0.29, 0.717) is 22.6 Å². The van der Waals surface area contributed by atoms with Crippen LogP contribution in [0.15, 0.2) is 35.3 Å². The summed E-state index contributed by atoms with van der Waals surface area (Å²) in [5.41, 5.74) is 0.0184. The van der Waals surface area contributed by atoms with Crippen LogP contribution >= 0.6 is 0 Å². The van der Waals surface area contributed by atoms with Crippen molar-refractivity contribution < 1.29 is 13.2 Å². The summed E-state index contributed by atoms with van der Waals surface area (Å²) >= 11 is 0. The van der Waals surface area contributed by atoms with Crippen LogP contribution in [0.25, 0.3) is 22.6 Å². The summed E-state index contributed by atoms with van der Waals surface area (Å²) in [6.07, 6.45) is -3.06. The second-order valence-corrected chi connectivity index (χ2v) is 4.11. The van der Waals surface area contributed by atoms with Crippen molar-refractivity contribution in [3.05, 3.63) is 46.5 Å². The van der Waals surface area contributed by atoms with E-state index in [1.807, 2.05) is 0 Å². The van der Waals surface area contributed by atoms with E-state index in [2.05, 4.69) is 19.9 Å². The number of rotatable bonds is 1. The Morgan fingerprint density at radius 3 is 2.40 bits per heavy atom. The van der Waals surface area contributed by atoms with Crippen molar-refractivity contribution in [2.75, 3.05) is 0 Å². The zero-order valence-electron chi connectivity index (χ0n) is 9.82. The first-order valence-electron chi connectivity index (χ1n) is 5.56. The quantitative estimate of drug-likeness (QED) is 0.718. The Bertz CT molecular complexity index is 817. The lowest BCUT2D eigenvalue weighted by Gasteiger charge is -2.06. The topological polar surface area (TPSA) is 74.4 Å². The molecule has 0 radical (unpaired) electrons. The maximum Gasteiger partial charge on any atom is 0.416 e. The lowest BCUT2D eigenvalue weighted by Crippen LogP contribution is -2.08. The second kappa shape index (κ2) is 4.19. The molecule has 8 heteroatoms. The van der Waals surface area contributed by atoms with Gasteiger partial charge in [0.25, 0.3) is 0 Å². The van der Waals surface area contributed by atoms with Crippen LogP contribution in [0.1, 0.15) is 5.56 Å².